The Hall–Kier alpha value is -1.92. The van der Waals surface area contributed by atoms with Crippen LogP contribution in [0.3, 0.4) is 0 Å². The van der Waals surface area contributed by atoms with Crippen LogP contribution in [0.1, 0.15) is 13.3 Å². The van der Waals surface area contributed by atoms with E-state index in [9.17, 15) is 20.1 Å². The number of carbonyl (C=O) groups is 1. The van der Waals surface area contributed by atoms with Crippen molar-refractivity contribution in [2.24, 2.45) is 20.7 Å². The van der Waals surface area contributed by atoms with Crippen LogP contribution < -0.4 is 5.73 Å². The fourth-order valence-electron chi connectivity index (χ4n) is 2.94. The number of hydrogen-bond acceptors (Lipinski definition) is 10. The lowest BCUT2D eigenvalue weighted by Gasteiger charge is -2.32. The number of ether oxygens (including phenoxy) is 1. The molecule has 3 rings (SSSR count). The van der Waals surface area contributed by atoms with Crippen molar-refractivity contribution >= 4 is 23.9 Å². The summed E-state index contributed by atoms with van der Waals surface area (Å²) < 4.78 is 5.40. The summed E-state index contributed by atoms with van der Waals surface area (Å²) in [5.41, 5.74) is 5.57. The summed E-state index contributed by atoms with van der Waals surface area (Å²) >= 11 is 0. The van der Waals surface area contributed by atoms with Crippen LogP contribution in [0.25, 0.3) is 0 Å². The summed E-state index contributed by atoms with van der Waals surface area (Å²) in [6.45, 7) is 1.90. The van der Waals surface area contributed by atoms with Crippen molar-refractivity contribution in [2.75, 3.05) is 6.67 Å². The molecule has 3 aliphatic rings. The van der Waals surface area contributed by atoms with Gasteiger partial charge in [-0.15, -0.1) is 0 Å². The Bertz CT molecular complexity index is 636. The molecular formula is C13H19N5O6. The number of carboxylic acids is 1. The van der Waals surface area contributed by atoms with E-state index in [2.05, 4.69) is 15.0 Å². The highest BCUT2D eigenvalue weighted by Crippen LogP contribution is 2.30. The largest absolute Gasteiger partial charge is 0.479 e. The van der Waals surface area contributed by atoms with Gasteiger partial charge in [0.1, 0.15) is 37.0 Å². The topological polar surface area (TPSA) is 174 Å². The van der Waals surface area contributed by atoms with Crippen molar-refractivity contribution in [3.63, 3.8) is 0 Å². The molecule has 24 heavy (non-hydrogen) atoms. The number of nitrogens with two attached hydrogens (primary N) is 1. The minimum Gasteiger partial charge on any atom is -0.479 e. The summed E-state index contributed by atoms with van der Waals surface area (Å²) in [6, 6.07) is 0. The van der Waals surface area contributed by atoms with Gasteiger partial charge in [0.25, 0.3) is 0 Å². The van der Waals surface area contributed by atoms with Crippen molar-refractivity contribution in [3.05, 3.63) is 0 Å². The molecule has 2 unspecified atom stereocenters. The Morgan fingerprint density at radius 2 is 2.25 bits per heavy atom. The number of amidine groups is 1. The average Bonchev–Trinajstić information content (AvgIpc) is 3.10. The van der Waals surface area contributed by atoms with E-state index < -0.39 is 42.3 Å². The minimum absolute atomic E-state index is 0.0564. The fourth-order valence-corrected chi connectivity index (χ4v) is 2.94. The lowest BCUT2D eigenvalue weighted by molar-refractivity contribution is -0.160. The number of fused-ring (bicyclic) bond motifs is 1. The second-order valence-electron chi connectivity index (χ2n) is 5.85. The number of rotatable bonds is 4. The summed E-state index contributed by atoms with van der Waals surface area (Å²) in [5, 5.41) is 38.7. The molecule has 11 nitrogen and oxygen atoms in total. The Morgan fingerprint density at radius 3 is 2.88 bits per heavy atom. The molecule has 0 radical (unpaired) electrons. The molecule has 6 atom stereocenters. The average molecular weight is 341 g/mol. The van der Waals surface area contributed by atoms with Crippen LogP contribution in [0, 0.1) is 0 Å². The van der Waals surface area contributed by atoms with E-state index in [1.807, 2.05) is 6.92 Å². The van der Waals surface area contributed by atoms with Crippen molar-refractivity contribution in [1.82, 2.24) is 4.90 Å². The third-order valence-corrected chi connectivity index (χ3v) is 4.43. The van der Waals surface area contributed by atoms with Crippen LogP contribution >= 0.6 is 0 Å². The van der Waals surface area contributed by atoms with Crippen LogP contribution in [0.5, 0.6) is 0 Å². The van der Waals surface area contributed by atoms with E-state index in [0.717, 1.165) is 0 Å². The van der Waals surface area contributed by atoms with Crippen molar-refractivity contribution in [3.8, 4) is 0 Å². The first-order valence-electron chi connectivity index (χ1n) is 7.45. The van der Waals surface area contributed by atoms with E-state index in [1.165, 1.54) is 11.2 Å². The van der Waals surface area contributed by atoms with Gasteiger partial charge in [-0.05, 0) is 6.42 Å². The quantitative estimate of drug-likeness (QED) is 0.362. The summed E-state index contributed by atoms with van der Waals surface area (Å²) in [5.74, 6) is -1.21. The Labute approximate surface area is 136 Å². The number of nitrogens with zero attached hydrogens (tertiary/aromatic N) is 4. The van der Waals surface area contributed by atoms with Gasteiger partial charge in [0.2, 0.25) is 0 Å². The Morgan fingerprint density at radius 1 is 1.54 bits per heavy atom. The first-order chi connectivity index (χ1) is 11.3. The number of carboxylic acid groups (broad SMARTS) is 1. The zero-order valence-corrected chi connectivity index (χ0v) is 12.8. The molecule has 0 aromatic carbocycles. The van der Waals surface area contributed by atoms with Gasteiger partial charge in [-0.25, -0.2) is 14.8 Å². The lowest BCUT2D eigenvalue weighted by atomic mass is 10.00. The molecule has 6 N–H and O–H groups in total. The maximum Gasteiger partial charge on any atom is 0.335 e. The molecule has 0 aromatic heterocycles. The maximum atomic E-state index is 10.9. The molecule has 0 amide bonds. The van der Waals surface area contributed by atoms with Gasteiger partial charge >= 0.3 is 5.97 Å². The van der Waals surface area contributed by atoms with E-state index in [1.54, 1.807) is 0 Å². The van der Waals surface area contributed by atoms with Crippen LogP contribution in [0.4, 0.5) is 0 Å². The second kappa shape index (κ2) is 5.86. The molecule has 0 saturated carbocycles. The normalized spacial score (nSPS) is 39.5. The van der Waals surface area contributed by atoms with Crippen LogP contribution in [0.15, 0.2) is 15.0 Å². The van der Waals surface area contributed by atoms with Crippen molar-refractivity contribution < 1.29 is 30.0 Å². The molecule has 3 heterocycles. The van der Waals surface area contributed by atoms with E-state index in [-0.39, 0.29) is 6.67 Å². The lowest BCUT2D eigenvalue weighted by Crippen LogP contribution is -2.55. The van der Waals surface area contributed by atoms with Crippen LogP contribution in [-0.4, -0.2) is 92.2 Å². The molecule has 1 saturated heterocycles. The van der Waals surface area contributed by atoms with Gasteiger partial charge in [-0.3, -0.25) is 4.99 Å². The number of aliphatic hydroxyl groups is 3. The predicted octanol–water partition coefficient (Wildman–Crippen LogP) is -2.90. The third-order valence-electron chi connectivity index (χ3n) is 4.43. The highest BCUT2D eigenvalue weighted by Gasteiger charge is 2.53. The van der Waals surface area contributed by atoms with E-state index >= 15 is 0 Å². The van der Waals surface area contributed by atoms with Gasteiger partial charge in [-0.1, -0.05) is 6.92 Å². The second-order valence-corrected chi connectivity index (χ2v) is 5.85. The summed E-state index contributed by atoms with van der Waals surface area (Å²) in [6.07, 6.45) is -5.82. The molecule has 0 spiro atoms. The molecular weight excluding hydrogens is 322 g/mol. The predicted molar refractivity (Wildman–Crippen MR) is 81.6 cm³/mol. The first kappa shape index (κ1) is 16.9. The maximum absolute atomic E-state index is 10.9. The molecule has 0 aromatic rings. The van der Waals surface area contributed by atoms with Gasteiger partial charge in [-0.2, -0.15) is 0 Å². The molecule has 0 bridgehead atoms. The molecule has 1 fully saturated rings. The zero-order chi connectivity index (χ0) is 17.6. The highest BCUT2D eigenvalue weighted by molar-refractivity contribution is 6.47. The smallest absolute Gasteiger partial charge is 0.335 e. The van der Waals surface area contributed by atoms with Gasteiger partial charge in [0.15, 0.2) is 23.8 Å². The van der Waals surface area contributed by atoms with E-state index in [4.69, 9.17) is 15.6 Å². The first-order valence-corrected chi connectivity index (χ1v) is 7.45. The number of hydrogen-bond donors (Lipinski definition) is 5. The number of aliphatic hydroxyl groups excluding tert-OH is 3. The Balaban J connectivity index is 1.83. The number of aliphatic carboxylic acids is 1. The van der Waals surface area contributed by atoms with E-state index in [0.29, 0.717) is 18.0 Å². The molecule has 0 aliphatic carbocycles. The van der Waals surface area contributed by atoms with Gasteiger partial charge in [0, 0.05) is 0 Å². The summed E-state index contributed by atoms with van der Waals surface area (Å²) in [7, 11) is 0. The Kier molecular flexibility index (Phi) is 4.13. The standard InChI is InChI=1S/C13H19N5O6/c1-2-13(14)9-10(15-3-17-13)18(4-16-9)11-6(20)5(19)8(24-11)7(21)12(22)23/h3,5-8,11,19-21H,2,4,14H2,1H3,(H,22,23)/t5-,6+,7?,8-,11+,13?/m0/s1. The molecule has 132 valence electrons. The van der Waals surface area contributed by atoms with Crippen LogP contribution in [-0.2, 0) is 9.53 Å². The monoisotopic (exact) mass is 341 g/mol. The van der Waals surface area contributed by atoms with Gasteiger partial charge < -0.3 is 35.8 Å². The van der Waals surface area contributed by atoms with Crippen molar-refractivity contribution in [2.45, 2.75) is 49.7 Å². The third kappa shape index (κ3) is 2.41. The SMILES string of the molecule is CCC1(N)N=CN=C2C1=NCN2[C@@H]1O[C@H](C(O)C(=O)O)[C@@H](O)[C@H]1O. The fraction of sp³-hybridized carbons (Fsp3) is 0.692. The number of aliphatic imine (C=N–C) groups is 3. The highest BCUT2D eigenvalue weighted by atomic mass is 16.6. The summed E-state index contributed by atoms with van der Waals surface area (Å²) in [4.78, 5) is 24.9. The zero-order valence-electron chi connectivity index (χ0n) is 12.8. The van der Waals surface area contributed by atoms with Gasteiger partial charge in [0.05, 0.1) is 0 Å². The molecule has 11 heteroatoms. The molecule has 3 aliphatic heterocycles. The minimum atomic E-state index is -1.97. The van der Waals surface area contributed by atoms with Crippen molar-refractivity contribution in [1.29, 1.82) is 0 Å². The van der Waals surface area contributed by atoms with Crippen LogP contribution in [0.2, 0.25) is 0 Å².